The van der Waals surface area contributed by atoms with Gasteiger partial charge in [0, 0.05) is 5.02 Å². The zero-order valence-corrected chi connectivity index (χ0v) is 10.4. The molecule has 1 saturated heterocycles. The lowest BCUT2D eigenvalue weighted by Gasteiger charge is -2.07. The minimum Gasteiger partial charge on any atom is -0.463 e. The van der Waals surface area contributed by atoms with Crippen LogP contribution in [-0.2, 0) is 19.1 Å². The fraction of sp³-hybridized carbons (Fsp3) is 0.333. The Labute approximate surface area is 109 Å². The van der Waals surface area contributed by atoms with E-state index < -0.39 is 23.6 Å². The van der Waals surface area contributed by atoms with Gasteiger partial charge in [-0.3, -0.25) is 4.79 Å². The molecule has 1 fully saturated rings. The van der Waals surface area contributed by atoms with E-state index in [1.165, 1.54) is 0 Å². The summed E-state index contributed by atoms with van der Waals surface area (Å²) < 4.78 is 10.0. The molecule has 0 spiro atoms. The summed E-state index contributed by atoms with van der Waals surface area (Å²) in [5.41, 5.74) is 4.20. The van der Waals surface area contributed by atoms with Crippen molar-refractivity contribution in [1.82, 2.24) is 0 Å². The van der Waals surface area contributed by atoms with Crippen LogP contribution in [0.3, 0.4) is 0 Å². The SMILES string of the molecule is CCOC(=O)C1(C(N)=O)OC1c1ccc(Cl)cc1. The van der Waals surface area contributed by atoms with Crippen LogP contribution < -0.4 is 5.73 Å². The predicted octanol–water partition coefficient (Wildman–Crippen LogP) is 1.20. The summed E-state index contributed by atoms with van der Waals surface area (Å²) in [6.07, 6.45) is -0.702. The number of rotatable bonds is 4. The van der Waals surface area contributed by atoms with Crippen LogP contribution in [0.15, 0.2) is 24.3 Å². The molecule has 1 amide bonds. The zero-order chi connectivity index (χ0) is 13.3. The van der Waals surface area contributed by atoms with Gasteiger partial charge in [0.25, 0.3) is 11.5 Å². The van der Waals surface area contributed by atoms with Crippen LogP contribution >= 0.6 is 11.6 Å². The molecule has 5 nitrogen and oxygen atoms in total. The molecule has 1 heterocycles. The van der Waals surface area contributed by atoms with E-state index in [1.807, 2.05) is 0 Å². The Morgan fingerprint density at radius 1 is 1.44 bits per heavy atom. The summed E-state index contributed by atoms with van der Waals surface area (Å²) in [4.78, 5) is 23.2. The molecule has 0 aromatic heterocycles. The minimum atomic E-state index is -1.69. The van der Waals surface area contributed by atoms with Crippen molar-refractivity contribution < 1.29 is 19.1 Å². The first-order valence-corrected chi connectivity index (χ1v) is 5.80. The summed E-state index contributed by atoms with van der Waals surface area (Å²) in [6.45, 7) is 1.80. The van der Waals surface area contributed by atoms with Gasteiger partial charge < -0.3 is 15.2 Å². The molecule has 1 aromatic carbocycles. The maximum atomic E-state index is 11.7. The third-order valence-electron chi connectivity index (χ3n) is 2.73. The van der Waals surface area contributed by atoms with E-state index in [9.17, 15) is 9.59 Å². The molecule has 0 bridgehead atoms. The number of benzene rings is 1. The topological polar surface area (TPSA) is 81.9 Å². The van der Waals surface area contributed by atoms with Crippen molar-refractivity contribution in [1.29, 1.82) is 0 Å². The summed E-state index contributed by atoms with van der Waals surface area (Å²) in [7, 11) is 0. The van der Waals surface area contributed by atoms with Crippen LogP contribution in [0.5, 0.6) is 0 Å². The third kappa shape index (κ3) is 1.95. The monoisotopic (exact) mass is 269 g/mol. The predicted molar refractivity (Wildman–Crippen MR) is 63.8 cm³/mol. The van der Waals surface area contributed by atoms with Crippen molar-refractivity contribution >= 4 is 23.5 Å². The second-order valence-corrected chi connectivity index (χ2v) is 4.31. The van der Waals surface area contributed by atoms with E-state index in [2.05, 4.69) is 0 Å². The number of carbonyl (C=O) groups is 2. The number of ether oxygens (including phenoxy) is 2. The van der Waals surface area contributed by atoms with Crippen LogP contribution in [0, 0.1) is 0 Å². The summed E-state index contributed by atoms with van der Waals surface area (Å²) >= 11 is 5.76. The van der Waals surface area contributed by atoms with Crippen LogP contribution in [0.1, 0.15) is 18.6 Å². The van der Waals surface area contributed by atoms with Crippen LogP contribution in [0.2, 0.25) is 5.02 Å². The van der Waals surface area contributed by atoms with Gasteiger partial charge in [-0.1, -0.05) is 23.7 Å². The Hall–Kier alpha value is -1.59. The first kappa shape index (κ1) is 12.9. The van der Waals surface area contributed by atoms with Crippen molar-refractivity contribution in [3.05, 3.63) is 34.9 Å². The quantitative estimate of drug-likeness (QED) is 0.506. The average Bonchev–Trinajstić information content (AvgIpc) is 3.07. The maximum absolute atomic E-state index is 11.7. The number of carbonyl (C=O) groups excluding carboxylic acids is 2. The van der Waals surface area contributed by atoms with Gasteiger partial charge in [-0.15, -0.1) is 0 Å². The summed E-state index contributed by atoms with van der Waals surface area (Å²) in [6, 6.07) is 6.65. The lowest BCUT2D eigenvalue weighted by Crippen LogP contribution is -2.41. The van der Waals surface area contributed by atoms with Crippen LogP contribution in [-0.4, -0.2) is 24.1 Å². The van der Waals surface area contributed by atoms with Gasteiger partial charge in [0.15, 0.2) is 0 Å². The largest absolute Gasteiger partial charge is 0.463 e. The molecule has 0 radical (unpaired) electrons. The van der Waals surface area contributed by atoms with E-state index >= 15 is 0 Å². The molecule has 18 heavy (non-hydrogen) atoms. The molecule has 1 aliphatic heterocycles. The Morgan fingerprint density at radius 3 is 2.56 bits per heavy atom. The van der Waals surface area contributed by atoms with Gasteiger partial charge in [-0.25, -0.2) is 4.79 Å². The second-order valence-electron chi connectivity index (χ2n) is 3.87. The van der Waals surface area contributed by atoms with Gasteiger partial charge in [-0.2, -0.15) is 0 Å². The molecular formula is C12H12ClNO4. The number of epoxide rings is 1. The normalized spacial score (nSPS) is 25.6. The number of hydrogen-bond donors (Lipinski definition) is 1. The molecule has 1 aliphatic rings. The first-order chi connectivity index (χ1) is 8.52. The smallest absolute Gasteiger partial charge is 0.351 e. The molecule has 2 atom stereocenters. The molecule has 2 unspecified atom stereocenters. The Bertz CT molecular complexity index is 487. The number of halogens is 1. The lowest BCUT2D eigenvalue weighted by molar-refractivity contribution is -0.153. The van der Waals surface area contributed by atoms with Gasteiger partial charge >= 0.3 is 5.97 Å². The molecule has 0 aliphatic carbocycles. The number of esters is 1. The highest BCUT2D eigenvalue weighted by molar-refractivity contribution is 6.30. The van der Waals surface area contributed by atoms with E-state index in [1.54, 1.807) is 31.2 Å². The van der Waals surface area contributed by atoms with E-state index in [0.717, 1.165) is 0 Å². The molecule has 2 rings (SSSR count). The summed E-state index contributed by atoms with van der Waals surface area (Å²) in [5.74, 6) is -1.60. The minimum absolute atomic E-state index is 0.157. The molecule has 96 valence electrons. The molecule has 2 N–H and O–H groups in total. The molecule has 0 saturated carbocycles. The molecular weight excluding hydrogens is 258 g/mol. The standard InChI is InChI=1S/C12H12ClNO4/c1-2-17-11(16)12(10(14)15)9(18-12)7-3-5-8(13)6-4-7/h3-6,9H,2H2,1H3,(H2,14,15). The van der Waals surface area contributed by atoms with Gasteiger partial charge in [0.05, 0.1) is 6.61 Å². The summed E-state index contributed by atoms with van der Waals surface area (Å²) in [5, 5.41) is 0.556. The highest BCUT2D eigenvalue weighted by Gasteiger charge is 2.69. The van der Waals surface area contributed by atoms with Crippen molar-refractivity contribution in [2.75, 3.05) is 6.61 Å². The fourth-order valence-corrected chi connectivity index (χ4v) is 1.90. The highest BCUT2D eigenvalue weighted by atomic mass is 35.5. The number of hydrogen-bond acceptors (Lipinski definition) is 4. The van der Waals surface area contributed by atoms with Crippen molar-refractivity contribution in [3.8, 4) is 0 Å². The van der Waals surface area contributed by atoms with Crippen molar-refractivity contribution in [2.45, 2.75) is 18.6 Å². The van der Waals surface area contributed by atoms with Crippen molar-refractivity contribution in [3.63, 3.8) is 0 Å². The van der Waals surface area contributed by atoms with Gasteiger partial charge in [0.1, 0.15) is 6.10 Å². The number of primary amides is 1. The number of amides is 1. The van der Waals surface area contributed by atoms with Crippen molar-refractivity contribution in [2.24, 2.45) is 5.73 Å². The Kier molecular flexibility index (Phi) is 3.28. The molecule has 1 aromatic rings. The average molecular weight is 270 g/mol. The Morgan fingerprint density at radius 2 is 2.06 bits per heavy atom. The first-order valence-electron chi connectivity index (χ1n) is 5.42. The zero-order valence-electron chi connectivity index (χ0n) is 9.68. The van der Waals surface area contributed by atoms with E-state index in [0.29, 0.717) is 10.6 Å². The van der Waals surface area contributed by atoms with E-state index in [-0.39, 0.29) is 6.61 Å². The third-order valence-corrected chi connectivity index (χ3v) is 2.99. The highest BCUT2D eigenvalue weighted by Crippen LogP contribution is 2.50. The molecule has 6 heteroatoms. The van der Waals surface area contributed by atoms with Crippen LogP contribution in [0.25, 0.3) is 0 Å². The van der Waals surface area contributed by atoms with Gasteiger partial charge in [0.2, 0.25) is 0 Å². The Balaban J connectivity index is 2.25. The second kappa shape index (κ2) is 4.59. The van der Waals surface area contributed by atoms with Gasteiger partial charge in [-0.05, 0) is 24.6 Å². The maximum Gasteiger partial charge on any atom is 0.351 e. The lowest BCUT2D eigenvalue weighted by atomic mass is 9.99. The van der Waals surface area contributed by atoms with E-state index in [4.69, 9.17) is 26.8 Å². The fourth-order valence-electron chi connectivity index (χ4n) is 1.77. The van der Waals surface area contributed by atoms with Crippen LogP contribution in [0.4, 0.5) is 0 Å². The number of nitrogens with two attached hydrogens (primary N) is 1.